The fourth-order valence-electron chi connectivity index (χ4n) is 2.71. The van der Waals surface area contributed by atoms with E-state index in [0.717, 1.165) is 18.4 Å². The molecule has 0 aliphatic rings. The molecular formula is C17H13N3O2. The first kappa shape index (κ1) is 12.8. The number of nitrogens with one attached hydrogen (secondary N) is 1. The maximum atomic E-state index is 12.6. The summed E-state index contributed by atoms with van der Waals surface area (Å²) in [6, 6.07) is 15.9. The number of aryl methyl sites for hydroxylation is 2. The van der Waals surface area contributed by atoms with Gasteiger partial charge >= 0.3 is 0 Å². The number of aromatic amines is 1. The number of H-pyrrole nitrogens is 1. The van der Waals surface area contributed by atoms with Crippen LogP contribution in [0.25, 0.3) is 22.2 Å². The molecule has 0 unspecified atom stereocenters. The predicted molar refractivity (Wildman–Crippen MR) is 83.8 cm³/mol. The molecule has 0 spiro atoms. The van der Waals surface area contributed by atoms with Crippen LogP contribution in [0.2, 0.25) is 0 Å². The molecule has 0 atom stereocenters. The van der Waals surface area contributed by atoms with E-state index in [9.17, 15) is 4.79 Å². The van der Waals surface area contributed by atoms with Crippen molar-refractivity contribution < 1.29 is 4.42 Å². The van der Waals surface area contributed by atoms with Gasteiger partial charge in [-0.3, -0.25) is 4.79 Å². The van der Waals surface area contributed by atoms with Crippen LogP contribution < -0.4 is 5.43 Å². The smallest absolute Gasteiger partial charge is 0.270 e. The molecule has 4 aromatic rings. The molecule has 2 heterocycles. The molecule has 5 heteroatoms. The minimum atomic E-state index is -0.131. The van der Waals surface area contributed by atoms with Crippen LogP contribution in [0, 0.1) is 0 Å². The molecule has 0 fully saturated rings. The van der Waals surface area contributed by atoms with Crippen molar-refractivity contribution in [3.8, 4) is 0 Å². The summed E-state index contributed by atoms with van der Waals surface area (Å²) in [7, 11) is 0. The molecule has 0 saturated heterocycles. The highest BCUT2D eigenvalue weighted by Crippen LogP contribution is 2.20. The molecule has 0 bridgehead atoms. The van der Waals surface area contributed by atoms with Crippen LogP contribution in [-0.2, 0) is 12.8 Å². The summed E-state index contributed by atoms with van der Waals surface area (Å²) < 4.78 is 5.65. The number of fused-ring (bicyclic) bond motifs is 2. The molecule has 0 aliphatic carbocycles. The second kappa shape index (κ2) is 5.11. The van der Waals surface area contributed by atoms with Crippen molar-refractivity contribution in [2.45, 2.75) is 12.8 Å². The third-order valence-electron chi connectivity index (χ3n) is 3.80. The van der Waals surface area contributed by atoms with E-state index in [1.165, 1.54) is 5.56 Å². The number of rotatable bonds is 3. The SMILES string of the molecule is O=c1c2n[nH]nc2oc2cccc(CCc3ccccc3)c12. The van der Waals surface area contributed by atoms with Crippen LogP contribution in [0.5, 0.6) is 0 Å². The number of hydrogen-bond donors (Lipinski definition) is 1. The Morgan fingerprint density at radius 1 is 0.955 bits per heavy atom. The molecule has 22 heavy (non-hydrogen) atoms. The molecule has 0 saturated carbocycles. The Labute approximate surface area is 125 Å². The lowest BCUT2D eigenvalue weighted by Gasteiger charge is -2.05. The van der Waals surface area contributed by atoms with E-state index in [-0.39, 0.29) is 16.7 Å². The molecule has 0 radical (unpaired) electrons. The van der Waals surface area contributed by atoms with Crippen molar-refractivity contribution in [2.24, 2.45) is 0 Å². The van der Waals surface area contributed by atoms with E-state index in [4.69, 9.17) is 4.42 Å². The van der Waals surface area contributed by atoms with Crippen LogP contribution in [0.1, 0.15) is 11.1 Å². The molecule has 108 valence electrons. The second-order valence-electron chi connectivity index (χ2n) is 5.18. The van der Waals surface area contributed by atoms with Gasteiger partial charge in [-0.25, -0.2) is 0 Å². The third kappa shape index (κ3) is 2.07. The lowest BCUT2D eigenvalue weighted by molar-refractivity contribution is 0.641. The predicted octanol–water partition coefficient (Wildman–Crippen LogP) is 2.85. The maximum Gasteiger partial charge on any atom is 0.270 e. The first-order valence-corrected chi connectivity index (χ1v) is 7.12. The Bertz CT molecular complexity index is 1000. The fraction of sp³-hybridized carbons (Fsp3) is 0.118. The summed E-state index contributed by atoms with van der Waals surface area (Å²) in [5.74, 6) is 0. The molecule has 2 aromatic heterocycles. The zero-order chi connectivity index (χ0) is 14.9. The standard InChI is InChI=1S/C17H13N3O2/c21-16-14-12(10-9-11-5-2-1-3-6-11)7-4-8-13(14)22-17-15(16)18-20-19-17/h1-8H,9-10H2,(H,18,19,20). The highest BCUT2D eigenvalue weighted by molar-refractivity contribution is 5.88. The second-order valence-corrected chi connectivity index (χ2v) is 5.18. The molecule has 2 aromatic carbocycles. The van der Waals surface area contributed by atoms with Crippen molar-refractivity contribution in [3.63, 3.8) is 0 Å². The molecule has 5 nitrogen and oxygen atoms in total. The Morgan fingerprint density at radius 2 is 1.82 bits per heavy atom. The van der Waals surface area contributed by atoms with Crippen LogP contribution >= 0.6 is 0 Å². The van der Waals surface area contributed by atoms with Crippen molar-refractivity contribution in [3.05, 3.63) is 69.9 Å². The van der Waals surface area contributed by atoms with E-state index in [2.05, 4.69) is 27.5 Å². The monoisotopic (exact) mass is 291 g/mol. The number of benzene rings is 2. The van der Waals surface area contributed by atoms with Gasteiger partial charge in [-0.1, -0.05) is 42.5 Å². The van der Waals surface area contributed by atoms with Crippen LogP contribution in [0.3, 0.4) is 0 Å². The third-order valence-corrected chi connectivity index (χ3v) is 3.80. The molecule has 0 aliphatic heterocycles. The first-order chi connectivity index (χ1) is 10.8. The van der Waals surface area contributed by atoms with Gasteiger partial charge in [0.15, 0.2) is 5.52 Å². The van der Waals surface area contributed by atoms with Gasteiger partial charge in [-0.05, 0) is 30.0 Å². The topological polar surface area (TPSA) is 71.8 Å². The average Bonchev–Trinajstić information content (AvgIpc) is 3.02. The van der Waals surface area contributed by atoms with Gasteiger partial charge in [0, 0.05) is 0 Å². The summed E-state index contributed by atoms with van der Waals surface area (Å²) in [5.41, 5.74) is 3.13. The Kier molecular flexibility index (Phi) is 2.96. The summed E-state index contributed by atoms with van der Waals surface area (Å²) in [6.07, 6.45) is 1.64. The van der Waals surface area contributed by atoms with Crippen LogP contribution in [0.15, 0.2) is 57.7 Å². The zero-order valence-electron chi connectivity index (χ0n) is 11.7. The number of hydrogen-bond acceptors (Lipinski definition) is 4. The molecular weight excluding hydrogens is 278 g/mol. The first-order valence-electron chi connectivity index (χ1n) is 7.12. The van der Waals surface area contributed by atoms with Crippen molar-refractivity contribution in [2.75, 3.05) is 0 Å². The minimum Gasteiger partial charge on any atom is -0.435 e. The van der Waals surface area contributed by atoms with Crippen molar-refractivity contribution in [1.82, 2.24) is 15.4 Å². The highest BCUT2D eigenvalue weighted by Gasteiger charge is 2.13. The maximum absolute atomic E-state index is 12.6. The normalized spacial score (nSPS) is 11.3. The van der Waals surface area contributed by atoms with Gasteiger partial charge in [-0.15, -0.1) is 10.2 Å². The van der Waals surface area contributed by atoms with Gasteiger partial charge in [0.25, 0.3) is 5.71 Å². The largest absolute Gasteiger partial charge is 0.435 e. The average molecular weight is 291 g/mol. The molecule has 0 amide bonds. The van der Waals surface area contributed by atoms with Gasteiger partial charge in [-0.2, -0.15) is 5.21 Å². The Hall–Kier alpha value is -2.95. The summed E-state index contributed by atoms with van der Waals surface area (Å²) in [6.45, 7) is 0. The van der Waals surface area contributed by atoms with Crippen molar-refractivity contribution >= 4 is 22.2 Å². The van der Waals surface area contributed by atoms with Gasteiger partial charge in [0.1, 0.15) is 5.58 Å². The summed E-state index contributed by atoms with van der Waals surface area (Å²) in [4.78, 5) is 12.6. The van der Waals surface area contributed by atoms with Gasteiger partial charge in [0.2, 0.25) is 5.43 Å². The van der Waals surface area contributed by atoms with E-state index < -0.39 is 0 Å². The lowest BCUT2D eigenvalue weighted by atomic mass is 10.0. The van der Waals surface area contributed by atoms with Gasteiger partial charge < -0.3 is 4.42 Å². The summed E-state index contributed by atoms with van der Waals surface area (Å²) >= 11 is 0. The minimum absolute atomic E-state index is 0.131. The molecule has 4 rings (SSSR count). The van der Waals surface area contributed by atoms with E-state index >= 15 is 0 Å². The van der Waals surface area contributed by atoms with E-state index in [1.54, 1.807) is 6.07 Å². The number of aromatic nitrogens is 3. The van der Waals surface area contributed by atoms with Crippen molar-refractivity contribution in [1.29, 1.82) is 0 Å². The Morgan fingerprint density at radius 3 is 2.68 bits per heavy atom. The molecule has 1 N–H and O–H groups in total. The van der Waals surface area contributed by atoms with E-state index in [1.807, 2.05) is 30.3 Å². The summed E-state index contributed by atoms with van der Waals surface area (Å²) in [5, 5.41) is 10.8. The lowest BCUT2D eigenvalue weighted by Crippen LogP contribution is -2.06. The number of nitrogens with zero attached hydrogens (tertiary/aromatic N) is 2. The van der Waals surface area contributed by atoms with Crippen LogP contribution in [0.4, 0.5) is 0 Å². The van der Waals surface area contributed by atoms with Crippen LogP contribution in [-0.4, -0.2) is 15.4 Å². The fourth-order valence-corrected chi connectivity index (χ4v) is 2.71. The Balaban J connectivity index is 1.82. The van der Waals surface area contributed by atoms with E-state index in [0.29, 0.717) is 11.0 Å². The quantitative estimate of drug-likeness (QED) is 0.630. The highest BCUT2D eigenvalue weighted by atomic mass is 16.3. The zero-order valence-corrected chi connectivity index (χ0v) is 11.7. The van der Waals surface area contributed by atoms with Gasteiger partial charge in [0.05, 0.1) is 5.39 Å².